The van der Waals surface area contributed by atoms with Gasteiger partial charge in [-0.05, 0) is 87.5 Å². The van der Waals surface area contributed by atoms with Crippen molar-refractivity contribution in [3.8, 4) is 11.1 Å². The molecule has 2 aromatic rings. The number of alkyl carbamates (subject to hydrolysis) is 1. The monoisotopic (exact) mass is 492 g/mol. The molecule has 4 rings (SSSR count). The Kier molecular flexibility index (Phi) is 8.64. The van der Waals surface area contributed by atoms with Crippen LogP contribution in [-0.2, 0) is 16.1 Å². The number of fused-ring (bicyclic) bond motifs is 1. The van der Waals surface area contributed by atoms with E-state index in [4.69, 9.17) is 4.74 Å². The Balaban J connectivity index is 1.48. The van der Waals surface area contributed by atoms with Crippen molar-refractivity contribution in [3.63, 3.8) is 0 Å². The van der Waals surface area contributed by atoms with Gasteiger partial charge in [0.2, 0.25) is 5.91 Å². The molecule has 2 atom stereocenters. The van der Waals surface area contributed by atoms with E-state index in [0.29, 0.717) is 6.42 Å². The molecule has 2 aromatic carbocycles. The summed E-state index contributed by atoms with van der Waals surface area (Å²) in [7, 11) is 0. The van der Waals surface area contributed by atoms with Crippen molar-refractivity contribution >= 4 is 17.7 Å². The first-order valence-electron chi connectivity index (χ1n) is 13.2. The number of likely N-dealkylation sites (tertiary alicyclic amines) is 1. The average molecular weight is 493 g/mol. The number of hydrogen-bond acceptors (Lipinski definition) is 5. The van der Waals surface area contributed by atoms with Crippen LogP contribution in [0.4, 0.5) is 10.5 Å². The molecule has 194 valence electrons. The highest BCUT2D eigenvalue weighted by atomic mass is 16.6. The lowest BCUT2D eigenvalue weighted by atomic mass is 9.89. The van der Waals surface area contributed by atoms with E-state index >= 15 is 0 Å². The van der Waals surface area contributed by atoms with Gasteiger partial charge in [-0.2, -0.15) is 0 Å². The second kappa shape index (κ2) is 11.9. The van der Waals surface area contributed by atoms with E-state index in [9.17, 15) is 9.59 Å². The molecular weight excluding hydrogens is 452 g/mol. The predicted octanol–water partition coefficient (Wildman–Crippen LogP) is 4.86. The fraction of sp³-hybridized carbons (Fsp3) is 0.517. The molecule has 1 fully saturated rings. The molecule has 2 aliphatic heterocycles. The van der Waals surface area contributed by atoms with Gasteiger partial charge in [0, 0.05) is 38.3 Å². The van der Waals surface area contributed by atoms with Gasteiger partial charge in [0.1, 0.15) is 0 Å². The molecule has 2 N–H and O–H groups in total. The summed E-state index contributed by atoms with van der Waals surface area (Å²) in [5, 5.41) is 6.58. The predicted molar refractivity (Wildman–Crippen MR) is 144 cm³/mol. The SMILES string of the molecule is CC(=O)N1c2ccc(-c3ccc(CNCCN4CCCC4)cc3)cc2[C@@H](NC(=O)OC(C)C)C[C@H]1C. The van der Waals surface area contributed by atoms with E-state index < -0.39 is 6.09 Å². The highest BCUT2D eigenvalue weighted by Crippen LogP contribution is 2.39. The number of carbonyl (C=O) groups excluding carboxylic acids is 2. The molecule has 1 saturated heterocycles. The summed E-state index contributed by atoms with van der Waals surface area (Å²) in [5.74, 6) is 0.00120. The van der Waals surface area contributed by atoms with Gasteiger partial charge in [-0.25, -0.2) is 4.79 Å². The summed E-state index contributed by atoms with van der Waals surface area (Å²) in [6.45, 7) is 12.7. The number of anilines is 1. The molecule has 0 radical (unpaired) electrons. The molecule has 0 aromatic heterocycles. The topological polar surface area (TPSA) is 73.9 Å². The maximum Gasteiger partial charge on any atom is 0.407 e. The zero-order valence-corrected chi connectivity index (χ0v) is 22.0. The minimum Gasteiger partial charge on any atom is -0.447 e. The number of ether oxygens (including phenoxy) is 1. The number of hydrogen-bond donors (Lipinski definition) is 2. The molecule has 36 heavy (non-hydrogen) atoms. The Bertz CT molecular complexity index is 1050. The minimum absolute atomic E-state index is 0.00120. The van der Waals surface area contributed by atoms with Crippen LogP contribution in [0.15, 0.2) is 42.5 Å². The van der Waals surface area contributed by atoms with Crippen LogP contribution in [-0.4, -0.2) is 55.2 Å². The molecule has 7 heteroatoms. The number of carbonyl (C=O) groups is 2. The maximum absolute atomic E-state index is 12.4. The summed E-state index contributed by atoms with van der Waals surface area (Å²) in [4.78, 5) is 29.2. The minimum atomic E-state index is -0.434. The van der Waals surface area contributed by atoms with Crippen LogP contribution in [0.2, 0.25) is 0 Å². The third-order valence-corrected chi connectivity index (χ3v) is 7.07. The van der Waals surface area contributed by atoms with Gasteiger partial charge in [-0.1, -0.05) is 30.3 Å². The molecule has 7 nitrogen and oxygen atoms in total. The Morgan fingerprint density at radius 2 is 1.75 bits per heavy atom. The quantitative estimate of drug-likeness (QED) is 0.515. The van der Waals surface area contributed by atoms with Crippen molar-refractivity contribution in [1.82, 2.24) is 15.5 Å². The largest absolute Gasteiger partial charge is 0.447 e. The van der Waals surface area contributed by atoms with Crippen LogP contribution in [0.1, 0.15) is 64.1 Å². The third-order valence-electron chi connectivity index (χ3n) is 7.07. The normalized spacial score (nSPS) is 19.9. The van der Waals surface area contributed by atoms with Gasteiger partial charge in [0.25, 0.3) is 0 Å². The first-order valence-corrected chi connectivity index (χ1v) is 13.2. The summed E-state index contributed by atoms with van der Waals surface area (Å²) < 4.78 is 5.34. The molecule has 0 bridgehead atoms. The molecular formula is C29H40N4O3. The highest BCUT2D eigenvalue weighted by molar-refractivity contribution is 5.94. The fourth-order valence-corrected chi connectivity index (χ4v) is 5.34. The van der Waals surface area contributed by atoms with Crippen LogP contribution in [0.25, 0.3) is 11.1 Å². The van der Waals surface area contributed by atoms with Crippen molar-refractivity contribution in [3.05, 3.63) is 53.6 Å². The van der Waals surface area contributed by atoms with Crippen LogP contribution < -0.4 is 15.5 Å². The van der Waals surface area contributed by atoms with Gasteiger partial charge in [-0.3, -0.25) is 4.79 Å². The van der Waals surface area contributed by atoms with Gasteiger partial charge in [0.05, 0.1) is 12.1 Å². The first-order chi connectivity index (χ1) is 17.3. The van der Waals surface area contributed by atoms with Gasteiger partial charge in [-0.15, -0.1) is 0 Å². The number of nitrogens with zero attached hydrogens (tertiary/aromatic N) is 2. The molecule has 2 heterocycles. The van der Waals surface area contributed by atoms with Crippen molar-refractivity contribution in [2.45, 2.75) is 71.7 Å². The Morgan fingerprint density at radius 3 is 2.42 bits per heavy atom. The Labute approximate surface area is 215 Å². The van der Waals surface area contributed by atoms with Crippen molar-refractivity contribution in [2.75, 3.05) is 31.1 Å². The first kappa shape index (κ1) is 26.2. The second-order valence-corrected chi connectivity index (χ2v) is 10.3. The van der Waals surface area contributed by atoms with Crippen LogP contribution in [0, 0.1) is 0 Å². The zero-order valence-electron chi connectivity index (χ0n) is 22.0. The fourth-order valence-electron chi connectivity index (χ4n) is 5.34. The smallest absolute Gasteiger partial charge is 0.407 e. The number of nitrogens with one attached hydrogen (secondary N) is 2. The summed E-state index contributed by atoms with van der Waals surface area (Å²) in [5.41, 5.74) is 5.21. The lowest BCUT2D eigenvalue weighted by Gasteiger charge is -2.39. The third kappa shape index (κ3) is 6.45. The molecule has 0 aliphatic carbocycles. The number of benzene rings is 2. The number of amides is 2. The van der Waals surface area contributed by atoms with Crippen molar-refractivity contribution in [1.29, 1.82) is 0 Å². The van der Waals surface area contributed by atoms with Crippen LogP contribution in [0.3, 0.4) is 0 Å². The lowest BCUT2D eigenvalue weighted by molar-refractivity contribution is -0.117. The van der Waals surface area contributed by atoms with E-state index in [1.54, 1.807) is 6.92 Å². The van der Waals surface area contributed by atoms with Crippen molar-refractivity contribution in [2.24, 2.45) is 0 Å². The molecule has 2 amide bonds. The standard InChI is InChI=1S/C29H40N4O3/c1-20(2)36-29(35)31-27-17-21(3)33(22(4)34)28-12-11-25(18-26(27)28)24-9-7-23(8-10-24)19-30-13-16-32-14-5-6-15-32/h7-12,18,20-21,27,30H,5-6,13-17,19H2,1-4H3,(H,31,35)/t21-,27+/m1/s1. The van der Waals surface area contributed by atoms with Crippen molar-refractivity contribution < 1.29 is 14.3 Å². The summed E-state index contributed by atoms with van der Waals surface area (Å²) in [6.07, 6.45) is 2.66. The van der Waals surface area contributed by atoms with Gasteiger partial charge in [0.15, 0.2) is 0 Å². The highest BCUT2D eigenvalue weighted by Gasteiger charge is 2.33. The van der Waals surface area contributed by atoms with Gasteiger partial charge < -0.3 is 25.2 Å². The molecule has 0 unspecified atom stereocenters. The molecule has 0 saturated carbocycles. The summed E-state index contributed by atoms with van der Waals surface area (Å²) >= 11 is 0. The molecule has 2 aliphatic rings. The molecule has 0 spiro atoms. The average Bonchev–Trinajstić information content (AvgIpc) is 3.35. The summed E-state index contributed by atoms with van der Waals surface area (Å²) in [6, 6.07) is 14.5. The van der Waals surface area contributed by atoms with E-state index in [0.717, 1.165) is 42.0 Å². The van der Waals surface area contributed by atoms with Crippen LogP contribution in [0.5, 0.6) is 0 Å². The van der Waals surface area contributed by atoms with Crippen LogP contribution >= 0.6 is 0 Å². The van der Waals surface area contributed by atoms with E-state index in [1.165, 1.54) is 31.5 Å². The Hall–Kier alpha value is -2.90. The van der Waals surface area contributed by atoms with E-state index in [2.05, 4.69) is 51.9 Å². The zero-order chi connectivity index (χ0) is 25.7. The second-order valence-electron chi connectivity index (χ2n) is 10.3. The Morgan fingerprint density at radius 1 is 1.06 bits per heavy atom. The lowest BCUT2D eigenvalue weighted by Crippen LogP contribution is -2.45. The number of rotatable bonds is 8. The van der Waals surface area contributed by atoms with E-state index in [1.807, 2.05) is 31.7 Å². The van der Waals surface area contributed by atoms with Gasteiger partial charge >= 0.3 is 6.09 Å². The maximum atomic E-state index is 12.4. The van der Waals surface area contributed by atoms with E-state index in [-0.39, 0.29) is 24.1 Å².